The Morgan fingerprint density at radius 3 is 2.50 bits per heavy atom. The van der Waals surface area contributed by atoms with Gasteiger partial charge in [0.15, 0.2) is 0 Å². The molecule has 1 aromatic heterocycles. The lowest BCUT2D eigenvalue weighted by atomic mass is 10.0. The highest BCUT2D eigenvalue weighted by atomic mass is 35.5. The Hall–Kier alpha value is -2.57. The van der Waals surface area contributed by atoms with Gasteiger partial charge in [-0.2, -0.15) is 0 Å². The average molecular weight is 484 g/mol. The summed E-state index contributed by atoms with van der Waals surface area (Å²) in [5.41, 5.74) is 2.89. The number of rotatable bonds is 6. The van der Waals surface area contributed by atoms with Crippen molar-refractivity contribution in [2.45, 2.75) is 38.2 Å². The zero-order valence-electron chi connectivity index (χ0n) is 19.6. The van der Waals surface area contributed by atoms with E-state index in [-0.39, 0.29) is 17.8 Å². The Balaban J connectivity index is 1.27. The quantitative estimate of drug-likeness (QED) is 0.478. The summed E-state index contributed by atoms with van der Waals surface area (Å²) in [6.45, 7) is 4.63. The van der Waals surface area contributed by atoms with Crippen LogP contribution < -0.4 is 4.74 Å². The molecule has 2 aromatic carbocycles. The molecule has 0 bridgehead atoms. The zero-order valence-corrected chi connectivity index (χ0v) is 20.4. The Bertz CT molecular complexity index is 1160. The van der Waals surface area contributed by atoms with E-state index in [1.165, 1.54) is 43.6 Å². The molecule has 2 fully saturated rings. The number of hydrogen-bond donors (Lipinski definition) is 0. The Labute approximate surface area is 205 Å². The number of likely N-dealkylation sites (tertiary alicyclic amines) is 2. The van der Waals surface area contributed by atoms with Crippen molar-refractivity contribution in [3.63, 3.8) is 0 Å². The molecule has 0 saturated carbocycles. The van der Waals surface area contributed by atoms with Gasteiger partial charge in [-0.25, -0.2) is 4.39 Å². The molecule has 0 unspecified atom stereocenters. The number of hydrogen-bond acceptors (Lipinski definition) is 3. The lowest BCUT2D eigenvalue weighted by molar-refractivity contribution is 0.0595. The van der Waals surface area contributed by atoms with Crippen molar-refractivity contribution in [3.8, 4) is 5.75 Å². The van der Waals surface area contributed by atoms with Crippen LogP contribution in [-0.4, -0.2) is 59.1 Å². The maximum atomic E-state index is 13.4. The summed E-state index contributed by atoms with van der Waals surface area (Å²) in [5.74, 6) is 0.353. The van der Waals surface area contributed by atoms with Crippen LogP contribution in [0.1, 0.15) is 41.6 Å². The van der Waals surface area contributed by atoms with Crippen molar-refractivity contribution < 1.29 is 13.9 Å². The van der Waals surface area contributed by atoms with E-state index in [2.05, 4.69) is 15.7 Å². The molecule has 3 aromatic rings. The Morgan fingerprint density at radius 1 is 1.09 bits per heavy atom. The predicted molar refractivity (Wildman–Crippen MR) is 133 cm³/mol. The number of amides is 1. The van der Waals surface area contributed by atoms with E-state index in [1.807, 2.05) is 24.1 Å². The van der Waals surface area contributed by atoms with E-state index in [0.717, 1.165) is 36.7 Å². The van der Waals surface area contributed by atoms with Crippen LogP contribution in [0.5, 0.6) is 5.75 Å². The number of carbonyl (C=O) groups excluding carboxylic acids is 1. The second-order valence-electron chi connectivity index (χ2n) is 9.48. The summed E-state index contributed by atoms with van der Waals surface area (Å²) < 4.78 is 21.2. The lowest BCUT2D eigenvalue weighted by Crippen LogP contribution is -2.41. The SMILES string of the molecule is Cn1cc(CCN2CCCC2)c2cc(C(=O)N3CCC(Oc4ccc(F)cc4)CC3)c(Cl)cc21. The van der Waals surface area contributed by atoms with Crippen molar-refractivity contribution in [1.29, 1.82) is 0 Å². The summed E-state index contributed by atoms with van der Waals surface area (Å²) in [4.78, 5) is 17.8. The lowest BCUT2D eigenvalue weighted by Gasteiger charge is -2.32. The minimum absolute atomic E-state index is 0.0128. The van der Waals surface area contributed by atoms with E-state index in [1.54, 1.807) is 12.1 Å². The molecule has 2 aliphatic heterocycles. The van der Waals surface area contributed by atoms with Gasteiger partial charge in [-0.05, 0) is 74.3 Å². The molecule has 5 nitrogen and oxygen atoms in total. The van der Waals surface area contributed by atoms with E-state index >= 15 is 0 Å². The monoisotopic (exact) mass is 483 g/mol. The first-order valence-corrected chi connectivity index (χ1v) is 12.6. The maximum Gasteiger partial charge on any atom is 0.255 e. The van der Waals surface area contributed by atoms with Crippen molar-refractivity contribution in [1.82, 2.24) is 14.4 Å². The molecule has 1 amide bonds. The maximum absolute atomic E-state index is 13.4. The van der Waals surface area contributed by atoms with Gasteiger partial charge >= 0.3 is 0 Å². The van der Waals surface area contributed by atoms with Crippen LogP contribution in [0, 0.1) is 5.82 Å². The molecular weight excluding hydrogens is 453 g/mol. The first kappa shape index (κ1) is 23.2. The number of aromatic nitrogens is 1. The molecule has 0 radical (unpaired) electrons. The van der Waals surface area contributed by atoms with Gasteiger partial charge < -0.3 is 19.1 Å². The molecule has 3 heterocycles. The summed E-state index contributed by atoms with van der Waals surface area (Å²) >= 11 is 6.60. The van der Waals surface area contributed by atoms with Crippen molar-refractivity contribution in [2.24, 2.45) is 7.05 Å². The highest BCUT2D eigenvalue weighted by molar-refractivity contribution is 6.34. The number of piperidine rings is 1. The molecule has 2 aliphatic rings. The molecule has 0 aliphatic carbocycles. The van der Waals surface area contributed by atoms with Crippen LogP contribution in [0.25, 0.3) is 10.9 Å². The Morgan fingerprint density at radius 2 is 1.79 bits per heavy atom. The number of aryl methyl sites for hydroxylation is 1. The van der Waals surface area contributed by atoms with Gasteiger partial charge in [-0.1, -0.05) is 11.6 Å². The van der Waals surface area contributed by atoms with Crippen molar-refractivity contribution >= 4 is 28.4 Å². The zero-order chi connectivity index (χ0) is 23.7. The third-order valence-corrected chi connectivity index (χ3v) is 7.45. The fraction of sp³-hybridized carbons (Fsp3) is 0.444. The summed E-state index contributed by atoms with van der Waals surface area (Å²) in [5, 5.41) is 1.61. The molecule has 0 atom stereocenters. The van der Waals surface area contributed by atoms with Gasteiger partial charge in [0.05, 0.1) is 10.6 Å². The van der Waals surface area contributed by atoms with Gasteiger partial charge in [0.2, 0.25) is 0 Å². The van der Waals surface area contributed by atoms with Gasteiger partial charge in [0.1, 0.15) is 17.7 Å². The highest BCUT2D eigenvalue weighted by Gasteiger charge is 2.27. The third kappa shape index (κ3) is 4.93. The van der Waals surface area contributed by atoms with E-state index in [0.29, 0.717) is 29.4 Å². The summed E-state index contributed by atoms with van der Waals surface area (Å²) in [6, 6.07) is 9.99. The van der Waals surface area contributed by atoms with Crippen LogP contribution in [0.3, 0.4) is 0 Å². The van der Waals surface area contributed by atoms with Gasteiger partial charge in [0, 0.05) is 56.6 Å². The van der Waals surface area contributed by atoms with Crippen LogP contribution in [-0.2, 0) is 13.5 Å². The highest BCUT2D eigenvalue weighted by Crippen LogP contribution is 2.30. The number of carbonyl (C=O) groups is 1. The van der Waals surface area contributed by atoms with Crippen molar-refractivity contribution in [3.05, 3.63) is 64.6 Å². The molecular formula is C27H31ClFN3O2. The Kier molecular flexibility index (Phi) is 6.79. The molecule has 2 saturated heterocycles. The largest absolute Gasteiger partial charge is 0.490 e. The van der Waals surface area contributed by atoms with Crippen LogP contribution in [0.4, 0.5) is 4.39 Å². The molecule has 7 heteroatoms. The first-order valence-electron chi connectivity index (χ1n) is 12.2. The normalized spacial score (nSPS) is 17.6. The van der Waals surface area contributed by atoms with Crippen LogP contribution in [0.15, 0.2) is 42.6 Å². The van der Waals surface area contributed by atoms with Gasteiger partial charge in [-0.3, -0.25) is 4.79 Å². The predicted octanol–water partition coefficient (Wildman–Crippen LogP) is 5.29. The number of ether oxygens (including phenoxy) is 1. The van der Waals surface area contributed by atoms with Crippen molar-refractivity contribution in [2.75, 3.05) is 32.7 Å². The standard InChI is InChI=1S/C27H31ClFN3O2/c1-30-18-19(8-13-31-11-2-3-12-31)23-16-24(25(28)17-26(23)30)27(33)32-14-9-22(10-15-32)34-21-6-4-20(29)5-7-21/h4-7,16-18,22H,2-3,8-15H2,1H3. The molecule has 5 rings (SSSR count). The topological polar surface area (TPSA) is 37.7 Å². The first-order chi connectivity index (χ1) is 16.5. The van der Waals surface area contributed by atoms with E-state index < -0.39 is 0 Å². The third-order valence-electron chi connectivity index (χ3n) is 7.13. The minimum Gasteiger partial charge on any atom is -0.490 e. The minimum atomic E-state index is -0.278. The van der Waals surface area contributed by atoms with E-state index in [4.69, 9.17) is 16.3 Å². The number of halogens is 2. The number of nitrogens with zero attached hydrogens (tertiary/aromatic N) is 3. The number of fused-ring (bicyclic) bond motifs is 1. The fourth-order valence-electron chi connectivity index (χ4n) is 5.19. The summed E-state index contributed by atoms with van der Waals surface area (Å²) in [7, 11) is 2.03. The van der Waals surface area contributed by atoms with E-state index in [9.17, 15) is 9.18 Å². The average Bonchev–Trinajstić information content (AvgIpc) is 3.47. The summed E-state index contributed by atoms with van der Waals surface area (Å²) in [6.07, 6.45) is 7.19. The van der Waals surface area contributed by atoms with Crippen LogP contribution >= 0.6 is 11.6 Å². The van der Waals surface area contributed by atoms with Gasteiger partial charge in [-0.15, -0.1) is 0 Å². The number of benzene rings is 2. The smallest absolute Gasteiger partial charge is 0.255 e. The second kappa shape index (κ2) is 9.96. The van der Waals surface area contributed by atoms with Gasteiger partial charge in [0.25, 0.3) is 5.91 Å². The molecule has 0 spiro atoms. The molecule has 180 valence electrons. The second-order valence-corrected chi connectivity index (χ2v) is 9.88. The molecule has 0 N–H and O–H groups in total. The fourth-order valence-corrected chi connectivity index (χ4v) is 5.42. The van der Waals surface area contributed by atoms with Crippen LogP contribution in [0.2, 0.25) is 5.02 Å². The molecule has 34 heavy (non-hydrogen) atoms.